The summed E-state index contributed by atoms with van der Waals surface area (Å²) in [6.07, 6.45) is -0.354. The molecule has 2 heterocycles. The zero-order valence-electron chi connectivity index (χ0n) is 17.8. The van der Waals surface area contributed by atoms with Crippen LogP contribution < -0.4 is 0 Å². The van der Waals surface area contributed by atoms with Gasteiger partial charge in [-0.25, -0.2) is 9.59 Å². The molecule has 0 unspecified atom stereocenters. The lowest BCUT2D eigenvalue weighted by molar-refractivity contribution is -0.143. The number of nitrogens with zero attached hydrogens (tertiary/aromatic N) is 1. The third kappa shape index (κ3) is 3.09. The van der Waals surface area contributed by atoms with Gasteiger partial charge < -0.3 is 14.8 Å². The fourth-order valence-corrected chi connectivity index (χ4v) is 5.30. The molecule has 1 atom stereocenters. The van der Waals surface area contributed by atoms with Gasteiger partial charge in [-0.3, -0.25) is 4.90 Å². The van der Waals surface area contributed by atoms with Crippen LogP contribution in [0.15, 0.2) is 72.8 Å². The molecular formula is C27H22N2O4. The fourth-order valence-electron chi connectivity index (χ4n) is 5.30. The number of aliphatic carboxylic acids is 1. The van der Waals surface area contributed by atoms with E-state index in [2.05, 4.69) is 29.2 Å². The van der Waals surface area contributed by atoms with Gasteiger partial charge in [-0.05, 0) is 33.9 Å². The third-order valence-electron chi connectivity index (χ3n) is 6.86. The van der Waals surface area contributed by atoms with E-state index in [1.807, 2.05) is 48.5 Å². The van der Waals surface area contributed by atoms with Crippen LogP contribution in [0.5, 0.6) is 0 Å². The predicted octanol–water partition coefficient (Wildman–Crippen LogP) is 4.93. The molecule has 164 valence electrons. The zero-order chi connectivity index (χ0) is 22.5. The Kier molecular flexibility index (Phi) is 4.47. The third-order valence-corrected chi connectivity index (χ3v) is 6.86. The van der Waals surface area contributed by atoms with Gasteiger partial charge in [0, 0.05) is 28.9 Å². The Labute approximate surface area is 190 Å². The van der Waals surface area contributed by atoms with E-state index in [4.69, 9.17) is 4.74 Å². The molecule has 6 nitrogen and oxygen atoms in total. The van der Waals surface area contributed by atoms with Crippen LogP contribution in [-0.2, 0) is 22.5 Å². The molecule has 1 aliphatic carbocycles. The molecular weight excluding hydrogens is 416 g/mol. The summed E-state index contributed by atoms with van der Waals surface area (Å²) >= 11 is 0. The number of hydrogen-bond donors (Lipinski definition) is 2. The molecule has 6 heteroatoms. The van der Waals surface area contributed by atoms with Gasteiger partial charge in [-0.2, -0.15) is 0 Å². The van der Waals surface area contributed by atoms with Gasteiger partial charge in [0.1, 0.15) is 12.6 Å². The zero-order valence-corrected chi connectivity index (χ0v) is 17.8. The highest BCUT2D eigenvalue weighted by molar-refractivity contribution is 5.88. The number of carboxylic acids is 1. The van der Waals surface area contributed by atoms with Crippen LogP contribution in [0.4, 0.5) is 4.79 Å². The number of amides is 1. The highest BCUT2D eigenvalue weighted by Gasteiger charge is 2.38. The highest BCUT2D eigenvalue weighted by Crippen LogP contribution is 2.44. The van der Waals surface area contributed by atoms with Crippen LogP contribution in [0.1, 0.15) is 28.3 Å². The summed E-state index contributed by atoms with van der Waals surface area (Å²) in [6.45, 7) is 0.340. The molecule has 4 aromatic rings. The Morgan fingerprint density at radius 1 is 0.939 bits per heavy atom. The summed E-state index contributed by atoms with van der Waals surface area (Å²) in [5.41, 5.74) is 7.32. The largest absolute Gasteiger partial charge is 0.480 e. The van der Waals surface area contributed by atoms with Crippen molar-refractivity contribution in [3.63, 3.8) is 0 Å². The van der Waals surface area contributed by atoms with Crippen molar-refractivity contribution >= 4 is 23.0 Å². The number of aromatic amines is 1. The number of aromatic nitrogens is 1. The van der Waals surface area contributed by atoms with Gasteiger partial charge in [-0.15, -0.1) is 0 Å². The summed E-state index contributed by atoms with van der Waals surface area (Å²) in [5.74, 6) is -1.10. The molecule has 0 saturated heterocycles. The van der Waals surface area contributed by atoms with Gasteiger partial charge in [0.25, 0.3) is 0 Å². The number of rotatable bonds is 3. The summed E-state index contributed by atoms with van der Waals surface area (Å²) in [6, 6.07) is 23.1. The second-order valence-electron chi connectivity index (χ2n) is 8.62. The van der Waals surface area contributed by atoms with E-state index in [0.29, 0.717) is 0 Å². The predicted molar refractivity (Wildman–Crippen MR) is 124 cm³/mol. The Morgan fingerprint density at radius 3 is 2.27 bits per heavy atom. The van der Waals surface area contributed by atoms with Crippen LogP contribution >= 0.6 is 0 Å². The van der Waals surface area contributed by atoms with E-state index in [1.54, 1.807) is 0 Å². The maximum Gasteiger partial charge on any atom is 0.410 e. The molecule has 2 N–H and O–H groups in total. The van der Waals surface area contributed by atoms with Gasteiger partial charge in [-0.1, -0.05) is 66.7 Å². The Bertz CT molecular complexity index is 1360. The van der Waals surface area contributed by atoms with Gasteiger partial charge in [0.2, 0.25) is 0 Å². The maximum absolute atomic E-state index is 13.1. The monoisotopic (exact) mass is 438 g/mol. The molecule has 2 aliphatic rings. The van der Waals surface area contributed by atoms with Gasteiger partial charge in [0.05, 0.1) is 6.54 Å². The standard InChI is InChI=1S/C27H22N2O4/c30-26(31)25-13-21-20-11-5-6-12-23(20)28-24(21)14-29(25)27(32)33-15-22-18-9-3-1-7-16(18)17-8-2-4-10-19(17)22/h1-12,22,25,28H,13-15H2,(H,30,31)/t25-/m1/s1. The summed E-state index contributed by atoms with van der Waals surface area (Å²) in [5, 5.41) is 10.9. The number of benzene rings is 3. The average Bonchev–Trinajstić information content (AvgIpc) is 3.37. The highest BCUT2D eigenvalue weighted by atomic mass is 16.6. The minimum absolute atomic E-state index is 0.0712. The first kappa shape index (κ1) is 19.6. The molecule has 0 radical (unpaired) electrons. The van der Waals surface area contributed by atoms with Crippen molar-refractivity contribution in [1.82, 2.24) is 9.88 Å². The Morgan fingerprint density at radius 2 is 1.58 bits per heavy atom. The smallest absolute Gasteiger partial charge is 0.410 e. The normalized spacial score (nSPS) is 16.8. The summed E-state index contributed by atoms with van der Waals surface area (Å²) in [4.78, 5) is 29.9. The first-order chi connectivity index (χ1) is 16.1. The fraction of sp³-hybridized carbons (Fsp3) is 0.185. The number of fused-ring (bicyclic) bond motifs is 6. The van der Waals surface area contributed by atoms with E-state index in [9.17, 15) is 14.7 Å². The van der Waals surface area contributed by atoms with E-state index in [1.165, 1.54) is 4.90 Å². The van der Waals surface area contributed by atoms with E-state index in [-0.39, 0.29) is 25.5 Å². The number of H-pyrrole nitrogens is 1. The van der Waals surface area contributed by atoms with Crippen molar-refractivity contribution in [3.05, 3.63) is 95.2 Å². The number of para-hydroxylation sites is 1. The number of ether oxygens (including phenoxy) is 1. The number of carbonyl (C=O) groups excluding carboxylic acids is 1. The number of carboxylic acid groups (broad SMARTS) is 1. The molecule has 33 heavy (non-hydrogen) atoms. The Hall–Kier alpha value is -4.06. The molecule has 1 aliphatic heterocycles. The van der Waals surface area contributed by atoms with Crippen molar-refractivity contribution in [1.29, 1.82) is 0 Å². The molecule has 1 amide bonds. The van der Waals surface area contributed by atoms with Crippen molar-refractivity contribution in [2.75, 3.05) is 6.61 Å². The lowest BCUT2D eigenvalue weighted by atomic mass is 9.97. The number of nitrogens with one attached hydrogen (secondary N) is 1. The topological polar surface area (TPSA) is 82.6 Å². The van der Waals surface area contributed by atoms with Crippen molar-refractivity contribution < 1.29 is 19.4 Å². The summed E-state index contributed by atoms with van der Waals surface area (Å²) < 4.78 is 5.76. The van der Waals surface area contributed by atoms with E-state index < -0.39 is 18.1 Å². The SMILES string of the molecule is O=C(O)[C@H]1Cc2c([nH]c3ccccc23)CN1C(=O)OCC1c2ccccc2-c2ccccc21. The molecule has 0 bridgehead atoms. The van der Waals surface area contributed by atoms with Crippen LogP contribution in [0.3, 0.4) is 0 Å². The lowest BCUT2D eigenvalue weighted by Crippen LogP contribution is -2.49. The van der Waals surface area contributed by atoms with E-state index >= 15 is 0 Å². The van der Waals surface area contributed by atoms with Crippen LogP contribution in [-0.4, -0.2) is 39.7 Å². The molecule has 1 aromatic heterocycles. The second-order valence-corrected chi connectivity index (χ2v) is 8.62. The van der Waals surface area contributed by atoms with Crippen LogP contribution in [0, 0.1) is 0 Å². The summed E-state index contributed by atoms with van der Waals surface area (Å²) in [7, 11) is 0. The first-order valence-corrected chi connectivity index (χ1v) is 11.0. The minimum Gasteiger partial charge on any atom is -0.480 e. The van der Waals surface area contributed by atoms with Gasteiger partial charge >= 0.3 is 12.1 Å². The van der Waals surface area contributed by atoms with Gasteiger partial charge in [0.15, 0.2) is 0 Å². The quantitative estimate of drug-likeness (QED) is 0.475. The lowest BCUT2D eigenvalue weighted by Gasteiger charge is -2.32. The number of carbonyl (C=O) groups is 2. The Balaban J connectivity index is 1.27. The minimum atomic E-state index is -1.03. The molecule has 3 aromatic carbocycles. The van der Waals surface area contributed by atoms with Crippen molar-refractivity contribution in [2.24, 2.45) is 0 Å². The molecule has 6 rings (SSSR count). The molecule has 0 spiro atoms. The van der Waals surface area contributed by atoms with Crippen molar-refractivity contribution in [2.45, 2.75) is 24.9 Å². The molecule has 0 fully saturated rings. The second kappa shape index (κ2) is 7.52. The van der Waals surface area contributed by atoms with Crippen LogP contribution in [0.25, 0.3) is 22.0 Å². The number of hydrogen-bond acceptors (Lipinski definition) is 3. The molecule has 0 saturated carbocycles. The van der Waals surface area contributed by atoms with E-state index in [0.717, 1.165) is 44.4 Å². The first-order valence-electron chi connectivity index (χ1n) is 11.0. The van der Waals surface area contributed by atoms with Crippen LogP contribution in [0.2, 0.25) is 0 Å². The average molecular weight is 438 g/mol. The van der Waals surface area contributed by atoms with Crippen molar-refractivity contribution in [3.8, 4) is 11.1 Å². The maximum atomic E-state index is 13.1.